The fourth-order valence-electron chi connectivity index (χ4n) is 6.50. The van der Waals surface area contributed by atoms with E-state index in [0.29, 0.717) is 44.6 Å². The molecule has 0 radical (unpaired) electrons. The minimum atomic E-state index is -2.39. The van der Waals surface area contributed by atoms with E-state index in [1.165, 1.54) is 4.90 Å². The number of nitrogens with one attached hydrogen (secondary N) is 4. The van der Waals surface area contributed by atoms with E-state index in [1.807, 2.05) is 20.8 Å². The van der Waals surface area contributed by atoms with Gasteiger partial charge in [-0.25, -0.2) is 4.79 Å². The van der Waals surface area contributed by atoms with Crippen molar-refractivity contribution in [3.05, 3.63) is 0 Å². The van der Waals surface area contributed by atoms with E-state index >= 15 is 0 Å². The van der Waals surface area contributed by atoms with Crippen LogP contribution in [0, 0.1) is 11.3 Å². The summed E-state index contributed by atoms with van der Waals surface area (Å²) in [6, 6.07) is -3.40. The number of hydrogen-bond donors (Lipinski definition) is 4. The van der Waals surface area contributed by atoms with Crippen molar-refractivity contribution in [3.8, 4) is 0 Å². The number of carbonyl (C=O) groups excluding carboxylic acids is 5. The third kappa shape index (κ3) is 8.80. The van der Waals surface area contributed by atoms with Crippen LogP contribution in [0.3, 0.4) is 0 Å². The van der Waals surface area contributed by atoms with Crippen LogP contribution >= 0.6 is 0 Å². The molecule has 44 heavy (non-hydrogen) atoms. The first kappa shape index (κ1) is 34.3. The van der Waals surface area contributed by atoms with Gasteiger partial charge in [-0.15, -0.1) is 0 Å². The summed E-state index contributed by atoms with van der Waals surface area (Å²) in [5, 5.41) is 10.5. The van der Waals surface area contributed by atoms with Crippen LogP contribution in [0.4, 0.5) is 4.79 Å². The fraction of sp³-hybridized carbons (Fsp3) is 0.839. The highest BCUT2D eigenvalue weighted by atomic mass is 32.2. The number of Topliss-reactive ketones (excluding diaryl/α,β-unsaturated/α-hetero) is 1. The summed E-state index contributed by atoms with van der Waals surface area (Å²) in [5.41, 5.74) is -1.65. The summed E-state index contributed by atoms with van der Waals surface area (Å²) in [4.78, 5) is 68.0. The Bertz CT molecular complexity index is 1130. The van der Waals surface area contributed by atoms with Crippen molar-refractivity contribution in [2.45, 2.75) is 146 Å². The minimum absolute atomic E-state index is 0.0202. The van der Waals surface area contributed by atoms with Crippen LogP contribution in [0.1, 0.15) is 111 Å². The van der Waals surface area contributed by atoms with E-state index in [4.69, 9.17) is 0 Å². The van der Waals surface area contributed by atoms with Gasteiger partial charge in [0.2, 0.25) is 17.6 Å². The third-order valence-electron chi connectivity index (χ3n) is 9.73. The summed E-state index contributed by atoms with van der Waals surface area (Å²) in [7, 11) is 0. The van der Waals surface area contributed by atoms with Gasteiger partial charge in [-0.2, -0.15) is 0 Å². The first-order valence-electron chi connectivity index (χ1n) is 16.3. The fourth-order valence-corrected chi connectivity index (χ4v) is 7.16. The average molecular weight is 637 g/mol. The summed E-state index contributed by atoms with van der Waals surface area (Å²) in [6.45, 7) is 7.35. The number of nitrogens with zero attached hydrogens (tertiary/aromatic N) is 1. The quantitative estimate of drug-likeness (QED) is 0.177. The highest BCUT2D eigenvalue weighted by molar-refractivity contribution is 7.79. The molecule has 12 nitrogen and oxygen atoms in total. The largest absolute Gasteiger partial charge is 0.772 e. The molecule has 4 aliphatic rings. The van der Waals surface area contributed by atoms with Gasteiger partial charge in [0, 0.05) is 17.8 Å². The number of urea groups is 1. The second kappa shape index (κ2) is 14.3. The first-order valence-corrected chi connectivity index (χ1v) is 17.5. The predicted octanol–water partition coefficient (Wildman–Crippen LogP) is 2.18. The number of rotatable bonds is 13. The van der Waals surface area contributed by atoms with Crippen LogP contribution in [-0.2, 0) is 30.3 Å². The van der Waals surface area contributed by atoms with Gasteiger partial charge in [-0.3, -0.25) is 23.4 Å². The second-order valence-corrected chi connectivity index (χ2v) is 15.6. The summed E-state index contributed by atoms with van der Waals surface area (Å²) in [5.74, 6) is -1.73. The lowest BCUT2D eigenvalue weighted by Crippen LogP contribution is -2.64. The molecule has 4 rings (SSSR count). The third-order valence-corrected chi connectivity index (χ3v) is 10.8. The maximum atomic E-state index is 14.0. The Morgan fingerprint density at radius 2 is 1.61 bits per heavy atom. The lowest BCUT2D eigenvalue weighted by Gasteiger charge is -2.44. The molecule has 5 atom stereocenters. The van der Waals surface area contributed by atoms with Crippen molar-refractivity contribution in [1.29, 1.82) is 0 Å². The van der Waals surface area contributed by atoms with E-state index < -0.39 is 74.9 Å². The molecule has 13 heteroatoms. The van der Waals surface area contributed by atoms with Gasteiger partial charge in [0.25, 0.3) is 5.91 Å². The Hall–Kier alpha value is -2.54. The smallest absolute Gasteiger partial charge is 0.315 e. The zero-order chi connectivity index (χ0) is 32.2. The van der Waals surface area contributed by atoms with Crippen LogP contribution in [-0.4, -0.2) is 84.7 Å². The maximum Gasteiger partial charge on any atom is 0.315 e. The van der Waals surface area contributed by atoms with Crippen molar-refractivity contribution in [1.82, 2.24) is 26.2 Å². The number of carbonyl (C=O) groups is 5. The monoisotopic (exact) mass is 636 g/mol. The number of likely N-dealkylation sites (tertiary alicyclic amines) is 1. The van der Waals surface area contributed by atoms with E-state index in [-0.39, 0.29) is 6.04 Å². The van der Waals surface area contributed by atoms with Crippen LogP contribution in [0.25, 0.3) is 0 Å². The van der Waals surface area contributed by atoms with E-state index in [0.717, 1.165) is 51.4 Å². The normalized spacial score (nSPS) is 24.4. The van der Waals surface area contributed by atoms with Crippen molar-refractivity contribution in [2.75, 3.05) is 6.54 Å². The Kier molecular flexibility index (Phi) is 11.1. The Balaban J connectivity index is 1.44. The molecule has 0 aromatic rings. The van der Waals surface area contributed by atoms with Crippen LogP contribution < -0.4 is 21.3 Å². The molecule has 4 fully saturated rings. The first-order chi connectivity index (χ1) is 20.7. The molecule has 0 bridgehead atoms. The minimum Gasteiger partial charge on any atom is -0.772 e. The standard InChI is InChI=1S/C31H51N5O7S/c1-19(44(42)43)31(16-6-5-7-17-31)35-29(41)34-25(30(2,3)4)28(40)36-18-8-9-23(36)26(38)33-22(15-12-20-10-11-20)24(37)27(39)32-21-13-14-21/h19-23,25H,5-18H2,1-4H3,(H,32,39)(H,33,38)(H,42,43)(H2,34,35,41)/p-1/t19-,22-,23-,25+/m0/s1. The molecular weight excluding hydrogens is 586 g/mol. The molecule has 248 valence electrons. The van der Waals surface area contributed by atoms with Gasteiger partial charge < -0.3 is 30.7 Å². The molecule has 0 aromatic heterocycles. The van der Waals surface area contributed by atoms with E-state index in [2.05, 4.69) is 21.3 Å². The average Bonchev–Trinajstić information content (AvgIpc) is 3.91. The number of ketones is 1. The highest BCUT2D eigenvalue weighted by Crippen LogP contribution is 2.35. The Morgan fingerprint density at radius 1 is 0.955 bits per heavy atom. The summed E-state index contributed by atoms with van der Waals surface area (Å²) < 4.78 is 23.8. The van der Waals surface area contributed by atoms with Crippen LogP contribution in [0.5, 0.6) is 0 Å². The molecule has 1 heterocycles. The van der Waals surface area contributed by atoms with Gasteiger partial charge in [-0.1, -0.05) is 64.0 Å². The van der Waals surface area contributed by atoms with Crippen molar-refractivity contribution >= 4 is 40.6 Å². The van der Waals surface area contributed by atoms with Crippen molar-refractivity contribution in [2.24, 2.45) is 11.3 Å². The molecule has 4 N–H and O–H groups in total. The molecule has 1 unspecified atom stereocenters. The lowest BCUT2D eigenvalue weighted by atomic mass is 9.79. The molecule has 5 amide bonds. The molecule has 0 spiro atoms. The molecule has 3 aliphatic carbocycles. The number of amides is 5. The van der Waals surface area contributed by atoms with Crippen molar-refractivity contribution in [3.63, 3.8) is 0 Å². The van der Waals surface area contributed by atoms with Gasteiger partial charge in [-0.05, 0) is 69.6 Å². The van der Waals surface area contributed by atoms with Crippen LogP contribution in [0.15, 0.2) is 0 Å². The molecule has 3 saturated carbocycles. The second-order valence-electron chi connectivity index (χ2n) is 14.4. The molecule has 1 saturated heterocycles. The Morgan fingerprint density at radius 3 is 2.18 bits per heavy atom. The zero-order valence-corrected chi connectivity index (χ0v) is 27.4. The number of hydrogen-bond acceptors (Lipinski definition) is 7. The molecule has 1 aliphatic heterocycles. The molecular formula is C31H50N5O7S-. The van der Waals surface area contributed by atoms with E-state index in [9.17, 15) is 32.7 Å². The van der Waals surface area contributed by atoms with Gasteiger partial charge >= 0.3 is 6.03 Å². The molecule has 0 aromatic carbocycles. The van der Waals surface area contributed by atoms with Gasteiger partial charge in [0.1, 0.15) is 12.1 Å². The summed E-state index contributed by atoms with van der Waals surface area (Å²) >= 11 is -2.39. The van der Waals surface area contributed by atoms with Crippen LogP contribution in [0.2, 0.25) is 0 Å². The summed E-state index contributed by atoms with van der Waals surface area (Å²) in [6.07, 6.45) is 9.53. The zero-order valence-electron chi connectivity index (χ0n) is 26.6. The topological polar surface area (TPSA) is 177 Å². The lowest BCUT2D eigenvalue weighted by molar-refractivity contribution is -0.143. The van der Waals surface area contributed by atoms with Gasteiger partial charge in [0.15, 0.2) is 0 Å². The highest BCUT2D eigenvalue weighted by Gasteiger charge is 2.45. The van der Waals surface area contributed by atoms with Crippen molar-refractivity contribution < 1.29 is 32.7 Å². The van der Waals surface area contributed by atoms with Gasteiger partial charge in [0.05, 0.1) is 11.6 Å². The SMILES string of the molecule is C[C@H](S(=O)[O-])C1(NC(=O)N[C@H](C(=O)N2CCC[C@H]2C(=O)N[C@@H](CCC2CC2)C(=O)C(=O)NC2CC2)C(C)(C)C)CCCCC1. The van der Waals surface area contributed by atoms with E-state index in [1.54, 1.807) is 6.92 Å². The maximum absolute atomic E-state index is 14.0. The Labute approximate surface area is 263 Å². The predicted molar refractivity (Wildman–Crippen MR) is 164 cm³/mol.